The molecule has 0 aromatic rings. The summed E-state index contributed by atoms with van der Waals surface area (Å²) in [5.74, 6) is -11.6. The molecule has 10 amide bonds. The number of cyclic esters (lactones) is 1. The number of methoxy groups -OCH3 is 1. The Kier molecular flexibility index (Phi) is 33.2. The monoisotopic (exact) mass is 1310 g/mol. The maximum absolute atomic E-state index is 15.3. The van der Waals surface area contributed by atoms with E-state index in [0.717, 1.165) is 14.7 Å². The van der Waals surface area contributed by atoms with Crippen molar-refractivity contribution in [1.82, 2.24) is 55.6 Å². The van der Waals surface area contributed by atoms with E-state index in [2.05, 4.69) is 26.2 Å². The minimum absolute atomic E-state index is 0.0373. The third-order valence-electron chi connectivity index (χ3n) is 17.5. The highest BCUT2D eigenvalue weighted by Gasteiger charge is 2.46. The van der Waals surface area contributed by atoms with Crippen LogP contribution in [0.1, 0.15) is 156 Å². The van der Waals surface area contributed by atoms with Crippen molar-refractivity contribution in [2.45, 2.75) is 235 Å². The lowest BCUT2D eigenvalue weighted by atomic mass is 9.91. The number of aliphatic hydroxyl groups excluding tert-OH is 2. The molecular weight excluding hydrogens is 1190 g/mol. The maximum atomic E-state index is 15.3. The quantitative estimate of drug-likeness (QED) is 0.101. The summed E-state index contributed by atoms with van der Waals surface area (Å²) in [7, 11) is 9.78. The third-order valence-corrected chi connectivity index (χ3v) is 17.5. The van der Waals surface area contributed by atoms with Crippen LogP contribution in [0.4, 0.5) is 0 Å². The number of carbonyl (C=O) groups is 11. The van der Waals surface area contributed by atoms with Crippen molar-refractivity contribution >= 4 is 65.0 Å². The van der Waals surface area contributed by atoms with E-state index in [-0.39, 0.29) is 67.8 Å². The van der Waals surface area contributed by atoms with Gasteiger partial charge in [-0.2, -0.15) is 0 Å². The van der Waals surface area contributed by atoms with Crippen molar-refractivity contribution in [2.75, 3.05) is 75.6 Å². The van der Waals surface area contributed by atoms with Crippen molar-refractivity contribution in [3.63, 3.8) is 0 Å². The Balaban J connectivity index is 3.02. The van der Waals surface area contributed by atoms with Gasteiger partial charge in [0.25, 0.3) is 5.91 Å². The molecule has 2 aliphatic heterocycles. The second kappa shape index (κ2) is 37.2. The molecule has 26 nitrogen and oxygen atoms in total. The number of likely N-dealkylation sites (tertiary alicyclic amines) is 1. The fourth-order valence-electron chi connectivity index (χ4n) is 11.7. The summed E-state index contributed by atoms with van der Waals surface area (Å²) in [4.78, 5) is 171. The number of aliphatic hydroxyl groups is 2. The molecule has 528 valence electrons. The van der Waals surface area contributed by atoms with E-state index in [1.54, 1.807) is 41.7 Å². The summed E-state index contributed by atoms with van der Waals surface area (Å²) >= 11 is 0. The first-order valence-corrected chi connectivity index (χ1v) is 33.1. The first kappa shape index (κ1) is 82.1. The van der Waals surface area contributed by atoms with Gasteiger partial charge in [-0.05, 0) is 106 Å². The summed E-state index contributed by atoms with van der Waals surface area (Å²) in [6.07, 6.45) is -3.77. The minimum atomic E-state index is -1.76. The number of nitrogens with zero attached hydrogens (tertiary/aromatic N) is 7. The molecule has 0 saturated carbocycles. The van der Waals surface area contributed by atoms with Crippen LogP contribution < -0.4 is 21.3 Å². The first-order valence-electron chi connectivity index (χ1n) is 33.1. The number of hydrogen-bond donors (Lipinski definition) is 6. The molecule has 6 N–H and O–H groups in total. The van der Waals surface area contributed by atoms with Crippen molar-refractivity contribution in [1.29, 1.82) is 0 Å². The van der Waals surface area contributed by atoms with Crippen LogP contribution in [-0.4, -0.2) is 264 Å². The predicted molar refractivity (Wildman–Crippen MR) is 349 cm³/mol. The molecule has 2 heterocycles. The van der Waals surface area contributed by atoms with Gasteiger partial charge in [0.2, 0.25) is 53.2 Å². The SMILES string of the molecule is COC1CN(CC[C@@H](C)[C@@H](O)[C@H]2C(=O)N[C@@H]([C@@H](C)O)C(=O)N(C)CC(=O)N(C)[C@@H](CC(C)C)C(=O)N[C@@H](CC(C)C)C(=O)N(C)[C@@H](CC(C)C)C(=O)N[C@@H](C)C(=O)O[C@H](C(C)C)C(=O)N(C)[C@@H](CC(C)C)C(=O)N[C@@H](CC(C)C)C(=O)N(C)[C@@H](C(C)C)C(=O)N2C)C1. The highest BCUT2D eigenvalue weighted by atomic mass is 16.6. The zero-order chi connectivity index (χ0) is 70.8. The van der Waals surface area contributed by atoms with E-state index in [1.165, 1.54) is 70.8 Å². The van der Waals surface area contributed by atoms with Crippen LogP contribution in [0, 0.1) is 47.3 Å². The lowest BCUT2D eigenvalue weighted by Crippen LogP contribution is -2.64. The molecule has 0 aromatic carbocycles. The van der Waals surface area contributed by atoms with E-state index < -0.39 is 162 Å². The van der Waals surface area contributed by atoms with Gasteiger partial charge < -0.3 is 70.4 Å². The van der Waals surface area contributed by atoms with E-state index in [1.807, 2.05) is 69.2 Å². The van der Waals surface area contributed by atoms with Gasteiger partial charge in [0.05, 0.1) is 24.9 Å². The Morgan fingerprint density at radius 2 is 0.902 bits per heavy atom. The number of hydrogen-bond acceptors (Lipinski definition) is 16. The second-order valence-electron chi connectivity index (χ2n) is 28.9. The Morgan fingerprint density at radius 3 is 1.32 bits per heavy atom. The molecule has 2 aliphatic rings. The van der Waals surface area contributed by atoms with Crippen LogP contribution in [0.5, 0.6) is 0 Å². The molecule has 2 fully saturated rings. The van der Waals surface area contributed by atoms with Gasteiger partial charge in [0, 0.05) is 62.5 Å². The predicted octanol–water partition coefficient (Wildman–Crippen LogP) is 2.11. The van der Waals surface area contributed by atoms with E-state index >= 15 is 14.4 Å². The zero-order valence-electron chi connectivity index (χ0n) is 60.0. The van der Waals surface area contributed by atoms with Crippen LogP contribution in [0.2, 0.25) is 0 Å². The summed E-state index contributed by atoms with van der Waals surface area (Å²) in [5.41, 5.74) is 0. The molecule has 0 radical (unpaired) electrons. The van der Waals surface area contributed by atoms with Crippen LogP contribution in [0.3, 0.4) is 0 Å². The number of likely N-dealkylation sites (N-methyl/N-ethyl adjacent to an activating group) is 6. The minimum Gasteiger partial charge on any atom is -0.450 e. The molecular formula is C66H119N11O15. The van der Waals surface area contributed by atoms with Crippen LogP contribution >= 0.6 is 0 Å². The van der Waals surface area contributed by atoms with Crippen LogP contribution in [0.25, 0.3) is 0 Å². The number of esters is 1. The van der Waals surface area contributed by atoms with Crippen molar-refractivity contribution in [3.05, 3.63) is 0 Å². The summed E-state index contributed by atoms with van der Waals surface area (Å²) in [6, 6.07) is -12.3. The van der Waals surface area contributed by atoms with E-state index in [9.17, 15) is 48.6 Å². The molecule has 0 aliphatic carbocycles. The molecule has 0 unspecified atom stereocenters. The number of rotatable bonds is 19. The third kappa shape index (κ3) is 23.5. The number of ether oxygens (including phenoxy) is 2. The van der Waals surface area contributed by atoms with Gasteiger partial charge in [-0.15, -0.1) is 0 Å². The van der Waals surface area contributed by atoms with Crippen LogP contribution in [0.15, 0.2) is 0 Å². The summed E-state index contributed by atoms with van der Waals surface area (Å²) < 4.78 is 11.3. The second-order valence-corrected chi connectivity index (χ2v) is 28.9. The average Bonchev–Trinajstić information content (AvgIpc) is 1.81. The Hall–Kier alpha value is -5.99. The van der Waals surface area contributed by atoms with Gasteiger partial charge >= 0.3 is 5.97 Å². The van der Waals surface area contributed by atoms with E-state index in [0.29, 0.717) is 26.1 Å². The van der Waals surface area contributed by atoms with Crippen molar-refractivity contribution in [3.8, 4) is 0 Å². The molecule has 0 spiro atoms. The number of carbonyl (C=O) groups excluding carboxylic acids is 11. The molecule has 0 aromatic heterocycles. The molecule has 2 saturated heterocycles. The van der Waals surface area contributed by atoms with Crippen molar-refractivity contribution < 1.29 is 72.4 Å². The normalized spacial score (nSPS) is 27.2. The lowest BCUT2D eigenvalue weighted by molar-refractivity contribution is -0.166. The molecule has 26 heteroatoms. The van der Waals surface area contributed by atoms with E-state index in [4.69, 9.17) is 9.47 Å². The molecule has 13 atom stereocenters. The topological polar surface area (TPSA) is 317 Å². The average molecular weight is 1310 g/mol. The highest BCUT2D eigenvalue weighted by Crippen LogP contribution is 2.26. The van der Waals surface area contributed by atoms with Crippen LogP contribution in [-0.2, 0) is 62.2 Å². The molecule has 92 heavy (non-hydrogen) atoms. The van der Waals surface area contributed by atoms with Gasteiger partial charge in [-0.25, -0.2) is 4.79 Å². The Bertz CT molecular complexity index is 2490. The maximum Gasteiger partial charge on any atom is 0.329 e. The number of amides is 10. The fourth-order valence-corrected chi connectivity index (χ4v) is 11.7. The standard InChI is InChI=1S/C66H119N11O15/c1-35(2)27-46-61(85)73(20)49(30-38(7)8)57(81)67-43(16)66(90)92-56(41(13)14)65(89)74(21)50(31-39(9)10)59(83)69-47(28-36(3)4)62(86)75(22)53(40(11)12)64(88)76(23)54(55(80)42(15)25-26-77-32-45(33-77)91-24)60(84)70-52(44(17)78)63(87)71(18)34-51(79)72(19)48(29-37(5)6)58(82)68-46/h35-50,52-56,78,80H,25-34H2,1-24H3,(H,67,81)(H,68,82)(H,69,83)(H,70,84)/t42-,43+,44-,46+,47+,48+,49+,50+,52+,53+,54+,55-,56-/m1/s1. The Labute approximate surface area is 549 Å². The lowest BCUT2D eigenvalue weighted by Gasteiger charge is -2.41. The largest absolute Gasteiger partial charge is 0.450 e. The molecule has 2 rings (SSSR count). The van der Waals surface area contributed by atoms with Gasteiger partial charge in [0.1, 0.15) is 54.4 Å². The van der Waals surface area contributed by atoms with Gasteiger partial charge in [0.15, 0.2) is 6.10 Å². The number of nitrogens with one attached hydrogen (secondary N) is 4. The van der Waals surface area contributed by atoms with Crippen molar-refractivity contribution in [2.24, 2.45) is 47.3 Å². The zero-order valence-corrected chi connectivity index (χ0v) is 60.0. The van der Waals surface area contributed by atoms with Gasteiger partial charge in [-0.1, -0.05) is 104 Å². The molecule has 0 bridgehead atoms. The fraction of sp³-hybridized carbons (Fsp3) is 0.833. The smallest absolute Gasteiger partial charge is 0.329 e. The Morgan fingerprint density at radius 1 is 0.489 bits per heavy atom. The highest BCUT2D eigenvalue weighted by molar-refractivity contribution is 5.99. The summed E-state index contributed by atoms with van der Waals surface area (Å²) in [6.45, 7) is 30.6. The first-order chi connectivity index (χ1) is 42.5. The summed E-state index contributed by atoms with van der Waals surface area (Å²) in [5, 5.41) is 34.7. The van der Waals surface area contributed by atoms with Gasteiger partial charge in [-0.3, -0.25) is 52.8 Å².